The Kier molecular flexibility index (Phi) is 6.46. The predicted molar refractivity (Wildman–Crippen MR) is 132 cm³/mol. The molecule has 35 heavy (non-hydrogen) atoms. The van der Waals surface area contributed by atoms with Crippen molar-refractivity contribution >= 4 is 21.6 Å². The lowest BCUT2D eigenvalue weighted by Gasteiger charge is -2.29. The molecular weight excluding hydrogens is 464 g/mol. The molecule has 0 radical (unpaired) electrons. The van der Waals surface area contributed by atoms with Crippen LogP contribution in [0.15, 0.2) is 57.9 Å². The van der Waals surface area contributed by atoms with E-state index < -0.39 is 10.0 Å². The van der Waals surface area contributed by atoms with Crippen LogP contribution in [0.5, 0.6) is 0 Å². The van der Waals surface area contributed by atoms with E-state index in [9.17, 15) is 13.2 Å². The van der Waals surface area contributed by atoms with Gasteiger partial charge in [-0.1, -0.05) is 30.3 Å². The van der Waals surface area contributed by atoms with Gasteiger partial charge >= 0.3 is 0 Å². The van der Waals surface area contributed by atoms with Gasteiger partial charge in [-0.15, -0.1) is 0 Å². The van der Waals surface area contributed by atoms with Crippen molar-refractivity contribution in [3.05, 3.63) is 60.0 Å². The van der Waals surface area contributed by atoms with Gasteiger partial charge in [-0.05, 0) is 68.0 Å². The first kappa shape index (κ1) is 23.7. The van der Waals surface area contributed by atoms with Crippen molar-refractivity contribution in [2.24, 2.45) is 5.92 Å². The van der Waals surface area contributed by atoms with Crippen molar-refractivity contribution in [3.63, 3.8) is 0 Å². The normalized spacial score (nSPS) is 19.1. The zero-order valence-electron chi connectivity index (χ0n) is 20.1. The number of carbonyl (C=O) groups is 1. The minimum atomic E-state index is -3.50. The molecule has 1 saturated heterocycles. The summed E-state index contributed by atoms with van der Waals surface area (Å²) in [6, 6.07) is 14.7. The maximum absolute atomic E-state index is 12.9. The Morgan fingerprint density at radius 3 is 2.51 bits per heavy atom. The fourth-order valence-electron chi connectivity index (χ4n) is 4.90. The molecule has 0 spiro atoms. The number of aryl methyl sites for hydroxylation is 1. The van der Waals surface area contributed by atoms with Gasteiger partial charge < -0.3 is 9.42 Å². The summed E-state index contributed by atoms with van der Waals surface area (Å²) >= 11 is 0. The number of nitrogens with zero attached hydrogens (tertiary/aromatic N) is 4. The monoisotopic (exact) mass is 494 g/mol. The number of fused-ring (bicyclic) bond motifs is 1. The number of amides is 1. The lowest BCUT2D eigenvalue weighted by Crippen LogP contribution is -2.37. The second-order valence-corrected chi connectivity index (χ2v) is 11.5. The van der Waals surface area contributed by atoms with Crippen molar-refractivity contribution in [1.29, 1.82) is 0 Å². The summed E-state index contributed by atoms with van der Waals surface area (Å²) in [5.41, 5.74) is 2.83. The van der Waals surface area contributed by atoms with Gasteiger partial charge in [0.2, 0.25) is 27.6 Å². The van der Waals surface area contributed by atoms with Gasteiger partial charge in [0.15, 0.2) is 0 Å². The molecule has 1 atom stereocenters. The first-order valence-corrected chi connectivity index (χ1v) is 13.6. The lowest BCUT2D eigenvalue weighted by molar-refractivity contribution is -0.119. The van der Waals surface area contributed by atoms with Crippen molar-refractivity contribution in [3.8, 4) is 11.4 Å². The zero-order chi connectivity index (χ0) is 24.6. The average molecular weight is 495 g/mol. The van der Waals surface area contributed by atoms with Gasteiger partial charge in [0.25, 0.3) is 0 Å². The fourth-order valence-corrected chi connectivity index (χ4v) is 6.37. The molecule has 2 aliphatic rings. The summed E-state index contributed by atoms with van der Waals surface area (Å²) in [5.74, 6) is 1.35. The van der Waals surface area contributed by atoms with Crippen molar-refractivity contribution in [1.82, 2.24) is 14.4 Å². The number of carbonyl (C=O) groups excluding carboxylic acids is 1. The molecule has 0 bridgehead atoms. The number of sulfonamides is 1. The summed E-state index contributed by atoms with van der Waals surface area (Å²) in [6.07, 6.45) is 3.24. The lowest BCUT2D eigenvalue weighted by atomic mass is 10.0. The van der Waals surface area contributed by atoms with Gasteiger partial charge in [0.05, 0.1) is 4.90 Å². The molecular formula is C26H30N4O4S. The SMILES string of the molecule is CC1CCN(S(=O)(=O)c2ccc(-c3noc(CCC(=O)N4c5ccccc5CC4C)n3)cc2)CC1. The number of anilines is 1. The number of hydrogen-bond acceptors (Lipinski definition) is 6. The quantitative estimate of drug-likeness (QED) is 0.513. The smallest absolute Gasteiger partial charge is 0.243 e. The van der Waals surface area contributed by atoms with E-state index in [1.165, 1.54) is 5.56 Å². The molecule has 1 aromatic heterocycles. The molecule has 2 aliphatic heterocycles. The van der Waals surface area contributed by atoms with Crippen molar-refractivity contribution < 1.29 is 17.7 Å². The molecule has 1 fully saturated rings. The zero-order valence-corrected chi connectivity index (χ0v) is 20.9. The molecule has 0 saturated carbocycles. The van der Waals surface area contributed by atoms with Crippen LogP contribution in [0.2, 0.25) is 0 Å². The van der Waals surface area contributed by atoms with E-state index in [0.717, 1.165) is 24.9 Å². The van der Waals surface area contributed by atoms with Crippen molar-refractivity contribution in [2.75, 3.05) is 18.0 Å². The molecule has 0 N–H and O–H groups in total. The van der Waals surface area contributed by atoms with E-state index in [4.69, 9.17) is 4.52 Å². The van der Waals surface area contributed by atoms with E-state index >= 15 is 0 Å². The number of benzene rings is 2. The summed E-state index contributed by atoms with van der Waals surface area (Å²) in [7, 11) is -3.50. The number of rotatable bonds is 6. The summed E-state index contributed by atoms with van der Waals surface area (Å²) < 4.78 is 32.8. The van der Waals surface area contributed by atoms with E-state index in [-0.39, 0.29) is 23.3 Å². The molecule has 8 nitrogen and oxygen atoms in total. The van der Waals surface area contributed by atoms with E-state index in [2.05, 4.69) is 30.1 Å². The maximum Gasteiger partial charge on any atom is 0.243 e. The van der Waals surface area contributed by atoms with Crippen LogP contribution in [0, 0.1) is 5.92 Å². The summed E-state index contributed by atoms with van der Waals surface area (Å²) in [4.78, 5) is 19.5. The molecule has 3 heterocycles. The number of hydrogen-bond donors (Lipinski definition) is 0. The van der Waals surface area contributed by atoms with Gasteiger partial charge in [-0.2, -0.15) is 9.29 Å². The van der Waals surface area contributed by atoms with Crippen LogP contribution in [0.3, 0.4) is 0 Å². The topological polar surface area (TPSA) is 96.6 Å². The molecule has 2 aromatic carbocycles. The highest BCUT2D eigenvalue weighted by Gasteiger charge is 2.31. The Morgan fingerprint density at radius 2 is 1.77 bits per heavy atom. The highest BCUT2D eigenvalue weighted by molar-refractivity contribution is 7.89. The largest absolute Gasteiger partial charge is 0.339 e. The first-order chi connectivity index (χ1) is 16.8. The van der Waals surface area contributed by atoms with Crippen LogP contribution in [-0.2, 0) is 27.7 Å². The molecule has 184 valence electrons. The highest BCUT2D eigenvalue weighted by atomic mass is 32.2. The van der Waals surface area contributed by atoms with E-state index in [0.29, 0.717) is 42.7 Å². The minimum absolute atomic E-state index is 0.0314. The van der Waals surface area contributed by atoms with Crippen LogP contribution in [-0.4, -0.2) is 47.9 Å². The first-order valence-electron chi connectivity index (χ1n) is 12.2. The third-order valence-electron chi connectivity index (χ3n) is 6.99. The Balaban J connectivity index is 1.22. The van der Waals surface area contributed by atoms with E-state index in [1.54, 1.807) is 28.6 Å². The van der Waals surface area contributed by atoms with Crippen molar-refractivity contribution in [2.45, 2.75) is 56.9 Å². The minimum Gasteiger partial charge on any atom is -0.339 e. The highest BCUT2D eigenvalue weighted by Crippen LogP contribution is 2.32. The second kappa shape index (κ2) is 9.54. The summed E-state index contributed by atoms with van der Waals surface area (Å²) in [6.45, 7) is 5.32. The average Bonchev–Trinajstić information content (AvgIpc) is 3.46. The molecule has 5 rings (SSSR count). The molecule has 0 aliphatic carbocycles. The van der Waals surface area contributed by atoms with Crippen LogP contribution >= 0.6 is 0 Å². The predicted octanol–water partition coefficient (Wildman–Crippen LogP) is 4.07. The number of aromatic nitrogens is 2. The maximum atomic E-state index is 12.9. The third kappa shape index (κ3) is 4.75. The number of piperidine rings is 1. The van der Waals surface area contributed by atoms with Gasteiger partial charge in [0.1, 0.15) is 0 Å². The molecule has 9 heteroatoms. The molecule has 1 amide bonds. The Labute approximate surface area is 206 Å². The molecule has 3 aromatic rings. The van der Waals surface area contributed by atoms with E-state index in [1.807, 2.05) is 23.1 Å². The Morgan fingerprint density at radius 1 is 1.06 bits per heavy atom. The second-order valence-electron chi connectivity index (χ2n) is 9.57. The fraction of sp³-hybridized carbons (Fsp3) is 0.423. The van der Waals surface area contributed by atoms with Crippen LogP contribution in [0.1, 0.15) is 44.6 Å². The summed E-state index contributed by atoms with van der Waals surface area (Å²) in [5, 5.41) is 4.03. The Hall–Kier alpha value is -3.04. The van der Waals surface area contributed by atoms with Crippen LogP contribution in [0.25, 0.3) is 11.4 Å². The van der Waals surface area contributed by atoms with Crippen LogP contribution < -0.4 is 4.90 Å². The standard InChI is InChI=1S/C26H30N4O4S/c1-18-13-15-29(16-14-18)35(32,33)22-9-7-20(8-10-22)26-27-24(34-28-26)11-12-25(31)30-19(2)17-21-5-3-4-6-23(21)30/h3-10,18-19H,11-17H2,1-2H3. The Bertz CT molecular complexity index is 1310. The number of para-hydroxylation sites is 1. The third-order valence-corrected chi connectivity index (χ3v) is 8.90. The van der Waals surface area contributed by atoms with Gasteiger partial charge in [0, 0.05) is 43.2 Å². The van der Waals surface area contributed by atoms with Gasteiger partial charge in [-0.25, -0.2) is 8.42 Å². The van der Waals surface area contributed by atoms with Gasteiger partial charge in [-0.3, -0.25) is 4.79 Å². The van der Waals surface area contributed by atoms with Crippen LogP contribution in [0.4, 0.5) is 5.69 Å². The molecule has 1 unspecified atom stereocenters.